The van der Waals surface area contributed by atoms with Gasteiger partial charge in [0.25, 0.3) is 5.91 Å². The highest BCUT2D eigenvalue weighted by molar-refractivity contribution is 6.30. The van der Waals surface area contributed by atoms with Crippen molar-refractivity contribution >= 4 is 23.2 Å². The number of hydrogen-bond acceptors (Lipinski definition) is 4. The lowest BCUT2D eigenvalue weighted by atomic mass is 10.1. The fourth-order valence-electron chi connectivity index (χ4n) is 2.84. The molecule has 0 saturated heterocycles. The molecule has 0 heterocycles. The number of carbonyl (C=O) groups excluding carboxylic acids is 1. The summed E-state index contributed by atoms with van der Waals surface area (Å²) in [7, 11) is 3.15. The molecule has 3 aromatic rings. The molecule has 0 bridgehead atoms. The van der Waals surface area contributed by atoms with E-state index in [2.05, 4.69) is 5.32 Å². The van der Waals surface area contributed by atoms with Crippen LogP contribution in [-0.4, -0.2) is 20.1 Å². The Hall–Kier alpha value is -3.18. The predicted octanol–water partition coefficient (Wildman–Crippen LogP) is 5.50. The van der Waals surface area contributed by atoms with Crippen LogP contribution in [0, 0.1) is 6.92 Å². The van der Waals surface area contributed by atoms with Gasteiger partial charge < -0.3 is 19.5 Å². The van der Waals surface area contributed by atoms with Crippen LogP contribution in [0.15, 0.2) is 60.7 Å². The number of nitrogens with one attached hydrogen (secondary N) is 1. The third kappa shape index (κ3) is 5.21. The molecule has 150 valence electrons. The van der Waals surface area contributed by atoms with Gasteiger partial charge in [-0.15, -0.1) is 0 Å². The molecule has 0 aliphatic heterocycles. The standard InChI is InChI=1S/C23H22ClNO4/c1-15-4-10-22(28-3)20(12-15)25-23(26)16-5-11-21(27-2)17(13-16)14-29-19-8-6-18(24)7-9-19/h4-13H,14H2,1-3H3,(H,25,26). The summed E-state index contributed by atoms with van der Waals surface area (Å²) in [4.78, 5) is 12.8. The van der Waals surface area contributed by atoms with Crippen molar-refractivity contribution < 1.29 is 19.0 Å². The second-order valence-electron chi connectivity index (χ2n) is 6.43. The van der Waals surface area contributed by atoms with Gasteiger partial charge in [0.05, 0.1) is 19.9 Å². The van der Waals surface area contributed by atoms with E-state index in [0.29, 0.717) is 33.5 Å². The number of hydrogen-bond donors (Lipinski definition) is 1. The molecule has 0 atom stereocenters. The van der Waals surface area contributed by atoms with Crippen molar-refractivity contribution in [1.29, 1.82) is 0 Å². The first-order valence-corrected chi connectivity index (χ1v) is 9.39. The van der Waals surface area contributed by atoms with Crippen LogP contribution in [0.1, 0.15) is 21.5 Å². The van der Waals surface area contributed by atoms with E-state index in [0.717, 1.165) is 11.1 Å². The summed E-state index contributed by atoms with van der Waals surface area (Å²) in [5, 5.41) is 3.54. The minimum atomic E-state index is -0.246. The predicted molar refractivity (Wildman–Crippen MR) is 114 cm³/mol. The lowest BCUT2D eigenvalue weighted by Gasteiger charge is -2.14. The van der Waals surface area contributed by atoms with Crippen LogP contribution in [0.2, 0.25) is 5.02 Å². The van der Waals surface area contributed by atoms with Gasteiger partial charge in [0.1, 0.15) is 23.9 Å². The summed E-state index contributed by atoms with van der Waals surface area (Å²) in [6, 6.07) is 17.9. The molecule has 1 amide bonds. The third-order valence-electron chi connectivity index (χ3n) is 4.35. The number of methoxy groups -OCH3 is 2. The van der Waals surface area contributed by atoms with Crippen molar-refractivity contribution in [3.05, 3.63) is 82.4 Å². The van der Waals surface area contributed by atoms with Crippen LogP contribution in [-0.2, 0) is 6.61 Å². The molecular weight excluding hydrogens is 390 g/mol. The summed E-state index contributed by atoms with van der Waals surface area (Å²) >= 11 is 5.90. The Kier molecular flexibility index (Phi) is 6.62. The molecule has 0 spiro atoms. The topological polar surface area (TPSA) is 56.8 Å². The number of halogens is 1. The quantitative estimate of drug-likeness (QED) is 0.558. The fraction of sp³-hybridized carbons (Fsp3) is 0.174. The summed E-state index contributed by atoms with van der Waals surface area (Å²) < 4.78 is 16.5. The highest BCUT2D eigenvalue weighted by Gasteiger charge is 2.13. The molecule has 1 N–H and O–H groups in total. The van der Waals surface area contributed by atoms with Gasteiger partial charge in [0.2, 0.25) is 0 Å². The summed E-state index contributed by atoms with van der Waals surface area (Å²) in [5.41, 5.74) is 2.88. The van der Waals surface area contributed by atoms with Gasteiger partial charge in [0, 0.05) is 16.1 Å². The molecule has 0 aromatic heterocycles. The molecule has 0 saturated carbocycles. The Morgan fingerprint density at radius 1 is 0.931 bits per heavy atom. The van der Waals surface area contributed by atoms with Gasteiger partial charge in [-0.25, -0.2) is 0 Å². The number of rotatable bonds is 7. The van der Waals surface area contributed by atoms with Crippen LogP contribution in [0.4, 0.5) is 5.69 Å². The molecule has 0 fully saturated rings. The van der Waals surface area contributed by atoms with Crippen molar-refractivity contribution in [2.75, 3.05) is 19.5 Å². The smallest absolute Gasteiger partial charge is 0.255 e. The zero-order valence-corrected chi connectivity index (χ0v) is 17.2. The Labute approximate surface area is 175 Å². The van der Waals surface area contributed by atoms with E-state index in [-0.39, 0.29) is 12.5 Å². The molecule has 3 rings (SSSR count). The maximum absolute atomic E-state index is 12.8. The van der Waals surface area contributed by atoms with E-state index in [1.165, 1.54) is 0 Å². The Morgan fingerprint density at radius 3 is 2.31 bits per heavy atom. The average molecular weight is 412 g/mol. The van der Waals surface area contributed by atoms with Crippen molar-refractivity contribution in [2.24, 2.45) is 0 Å². The van der Waals surface area contributed by atoms with Crippen LogP contribution in [0.5, 0.6) is 17.2 Å². The van der Waals surface area contributed by atoms with Gasteiger partial charge in [-0.2, -0.15) is 0 Å². The van der Waals surface area contributed by atoms with E-state index in [1.54, 1.807) is 56.7 Å². The molecular formula is C23H22ClNO4. The van der Waals surface area contributed by atoms with Crippen molar-refractivity contribution in [2.45, 2.75) is 13.5 Å². The van der Waals surface area contributed by atoms with Crippen molar-refractivity contribution in [3.8, 4) is 17.2 Å². The largest absolute Gasteiger partial charge is 0.496 e. The van der Waals surface area contributed by atoms with Crippen LogP contribution < -0.4 is 19.5 Å². The maximum atomic E-state index is 12.8. The summed E-state index contributed by atoms with van der Waals surface area (Å²) in [6.45, 7) is 2.20. The number of carbonyl (C=O) groups is 1. The molecule has 5 nitrogen and oxygen atoms in total. The van der Waals surface area contributed by atoms with Gasteiger partial charge in [-0.1, -0.05) is 17.7 Å². The number of anilines is 1. The first-order chi connectivity index (χ1) is 14.0. The normalized spacial score (nSPS) is 10.3. The lowest BCUT2D eigenvalue weighted by molar-refractivity contribution is 0.102. The van der Waals surface area contributed by atoms with E-state index >= 15 is 0 Å². The third-order valence-corrected chi connectivity index (χ3v) is 4.61. The number of benzene rings is 3. The molecule has 3 aromatic carbocycles. The average Bonchev–Trinajstić information content (AvgIpc) is 2.73. The number of amides is 1. The second kappa shape index (κ2) is 9.34. The summed E-state index contributed by atoms with van der Waals surface area (Å²) in [5.74, 6) is 1.67. The highest BCUT2D eigenvalue weighted by atomic mass is 35.5. The molecule has 0 radical (unpaired) electrons. The Bertz CT molecular complexity index is 1000. The van der Waals surface area contributed by atoms with Gasteiger partial charge in [0.15, 0.2) is 0 Å². The van der Waals surface area contributed by atoms with Crippen LogP contribution >= 0.6 is 11.6 Å². The Balaban J connectivity index is 1.79. The first-order valence-electron chi connectivity index (χ1n) is 9.01. The van der Waals surface area contributed by atoms with E-state index < -0.39 is 0 Å². The zero-order valence-electron chi connectivity index (χ0n) is 16.5. The van der Waals surface area contributed by atoms with Crippen molar-refractivity contribution in [3.63, 3.8) is 0 Å². The lowest BCUT2D eigenvalue weighted by Crippen LogP contribution is -2.13. The SMILES string of the molecule is COc1ccc(C(=O)Nc2cc(C)ccc2OC)cc1COc1ccc(Cl)cc1. The van der Waals surface area contributed by atoms with Gasteiger partial charge in [-0.05, 0) is 67.1 Å². The Morgan fingerprint density at radius 2 is 1.62 bits per heavy atom. The first kappa shape index (κ1) is 20.6. The molecule has 0 unspecified atom stereocenters. The minimum absolute atomic E-state index is 0.246. The van der Waals surface area contributed by atoms with E-state index in [1.807, 2.05) is 25.1 Å². The van der Waals surface area contributed by atoms with Gasteiger partial charge in [-0.3, -0.25) is 4.79 Å². The highest BCUT2D eigenvalue weighted by Crippen LogP contribution is 2.27. The van der Waals surface area contributed by atoms with E-state index in [4.69, 9.17) is 25.8 Å². The maximum Gasteiger partial charge on any atom is 0.255 e. The number of ether oxygens (including phenoxy) is 3. The van der Waals surface area contributed by atoms with Crippen molar-refractivity contribution in [1.82, 2.24) is 0 Å². The molecule has 0 aliphatic rings. The fourth-order valence-corrected chi connectivity index (χ4v) is 2.96. The minimum Gasteiger partial charge on any atom is -0.496 e. The molecule has 0 aliphatic carbocycles. The zero-order chi connectivity index (χ0) is 20.8. The molecule has 6 heteroatoms. The number of aryl methyl sites for hydroxylation is 1. The van der Waals surface area contributed by atoms with E-state index in [9.17, 15) is 4.79 Å². The molecule has 29 heavy (non-hydrogen) atoms. The van der Waals surface area contributed by atoms with Gasteiger partial charge >= 0.3 is 0 Å². The van der Waals surface area contributed by atoms with Crippen LogP contribution in [0.25, 0.3) is 0 Å². The monoisotopic (exact) mass is 411 g/mol. The van der Waals surface area contributed by atoms with Crippen LogP contribution in [0.3, 0.4) is 0 Å². The summed E-state index contributed by atoms with van der Waals surface area (Å²) in [6.07, 6.45) is 0. The second-order valence-corrected chi connectivity index (χ2v) is 6.86.